The molecular formula is C16H33NO5. The molecule has 6 nitrogen and oxygen atoms in total. The van der Waals surface area contributed by atoms with Crippen molar-refractivity contribution in [1.82, 2.24) is 5.48 Å². The maximum atomic E-state index is 11.4. The summed E-state index contributed by atoms with van der Waals surface area (Å²) in [6, 6.07) is 0. The minimum atomic E-state index is -0.590. The molecule has 0 aromatic rings. The SMILES string of the molecule is COC(C)(C)CCOC(C)(C)CCONC(=O)OC(C)(C)C. The van der Waals surface area contributed by atoms with Gasteiger partial charge in [-0.1, -0.05) is 0 Å². The van der Waals surface area contributed by atoms with Crippen LogP contribution in [-0.2, 0) is 19.0 Å². The van der Waals surface area contributed by atoms with Crippen LogP contribution in [0.1, 0.15) is 61.3 Å². The van der Waals surface area contributed by atoms with Crippen LogP contribution in [0.5, 0.6) is 0 Å². The molecule has 0 heterocycles. The molecule has 0 aliphatic rings. The van der Waals surface area contributed by atoms with E-state index in [1.807, 2.05) is 27.7 Å². The summed E-state index contributed by atoms with van der Waals surface area (Å²) in [6.45, 7) is 14.4. The molecular weight excluding hydrogens is 286 g/mol. The highest BCUT2D eigenvalue weighted by Gasteiger charge is 2.22. The first-order valence-electron chi connectivity index (χ1n) is 7.67. The molecule has 0 rings (SSSR count). The van der Waals surface area contributed by atoms with Crippen molar-refractivity contribution in [3.63, 3.8) is 0 Å². The van der Waals surface area contributed by atoms with Crippen molar-refractivity contribution in [1.29, 1.82) is 0 Å². The van der Waals surface area contributed by atoms with E-state index in [9.17, 15) is 4.79 Å². The lowest BCUT2D eigenvalue weighted by Crippen LogP contribution is -2.35. The highest BCUT2D eigenvalue weighted by molar-refractivity contribution is 5.66. The Kier molecular flexibility index (Phi) is 8.36. The zero-order valence-electron chi connectivity index (χ0n) is 15.4. The van der Waals surface area contributed by atoms with Crippen molar-refractivity contribution in [3.05, 3.63) is 0 Å². The Morgan fingerprint density at radius 3 is 1.95 bits per heavy atom. The molecule has 1 amide bonds. The molecule has 0 saturated heterocycles. The van der Waals surface area contributed by atoms with Crippen molar-refractivity contribution < 1.29 is 23.8 Å². The number of amides is 1. The molecule has 0 fully saturated rings. The molecule has 0 unspecified atom stereocenters. The predicted molar refractivity (Wildman–Crippen MR) is 85.7 cm³/mol. The van der Waals surface area contributed by atoms with Crippen molar-refractivity contribution in [2.75, 3.05) is 20.3 Å². The van der Waals surface area contributed by atoms with Gasteiger partial charge in [0, 0.05) is 13.5 Å². The molecule has 6 heteroatoms. The minimum Gasteiger partial charge on any atom is -0.442 e. The quantitative estimate of drug-likeness (QED) is 0.521. The van der Waals surface area contributed by atoms with E-state index in [4.69, 9.17) is 19.0 Å². The van der Waals surface area contributed by atoms with E-state index in [-0.39, 0.29) is 11.2 Å². The third-order valence-corrected chi connectivity index (χ3v) is 3.11. The van der Waals surface area contributed by atoms with E-state index >= 15 is 0 Å². The second-order valence-electron chi connectivity index (χ2n) is 7.52. The summed E-state index contributed by atoms with van der Waals surface area (Å²) < 4.78 is 16.3. The van der Waals surface area contributed by atoms with E-state index in [1.165, 1.54) is 0 Å². The van der Waals surface area contributed by atoms with Crippen molar-refractivity contribution in [3.8, 4) is 0 Å². The van der Waals surface area contributed by atoms with E-state index in [2.05, 4.69) is 5.48 Å². The topological polar surface area (TPSA) is 66.0 Å². The van der Waals surface area contributed by atoms with Gasteiger partial charge in [0.1, 0.15) is 5.60 Å². The molecule has 0 aliphatic carbocycles. The molecule has 0 aromatic carbocycles. The van der Waals surface area contributed by atoms with Gasteiger partial charge in [-0.05, 0) is 54.9 Å². The summed E-state index contributed by atoms with van der Waals surface area (Å²) in [5.41, 5.74) is 1.20. The van der Waals surface area contributed by atoms with Crippen molar-refractivity contribution in [2.24, 2.45) is 0 Å². The molecule has 0 atom stereocenters. The molecule has 0 spiro atoms. The molecule has 132 valence electrons. The molecule has 0 saturated carbocycles. The number of methoxy groups -OCH3 is 1. The summed E-state index contributed by atoms with van der Waals surface area (Å²) in [6.07, 6.45) is 0.869. The lowest BCUT2D eigenvalue weighted by Gasteiger charge is -2.28. The first-order valence-corrected chi connectivity index (χ1v) is 7.67. The summed E-state index contributed by atoms with van der Waals surface area (Å²) >= 11 is 0. The van der Waals surface area contributed by atoms with Gasteiger partial charge in [0.05, 0.1) is 24.4 Å². The average Bonchev–Trinajstić information content (AvgIpc) is 2.32. The van der Waals surface area contributed by atoms with E-state index in [0.29, 0.717) is 19.6 Å². The first-order chi connectivity index (χ1) is 9.87. The summed E-state index contributed by atoms with van der Waals surface area (Å²) in [5.74, 6) is 0. The lowest BCUT2D eigenvalue weighted by atomic mass is 10.0. The Morgan fingerprint density at radius 1 is 0.909 bits per heavy atom. The van der Waals surface area contributed by atoms with E-state index < -0.39 is 11.7 Å². The van der Waals surface area contributed by atoms with E-state index in [0.717, 1.165) is 6.42 Å². The fourth-order valence-corrected chi connectivity index (χ4v) is 1.45. The monoisotopic (exact) mass is 319 g/mol. The fraction of sp³-hybridized carbons (Fsp3) is 0.938. The zero-order valence-corrected chi connectivity index (χ0v) is 15.4. The third kappa shape index (κ3) is 11.8. The van der Waals surface area contributed by atoms with Gasteiger partial charge in [0.25, 0.3) is 0 Å². The number of hydrogen-bond acceptors (Lipinski definition) is 5. The van der Waals surface area contributed by atoms with Crippen LogP contribution >= 0.6 is 0 Å². The fourth-order valence-electron chi connectivity index (χ4n) is 1.45. The van der Waals surface area contributed by atoms with Crippen molar-refractivity contribution in [2.45, 2.75) is 78.1 Å². The minimum absolute atomic E-state index is 0.190. The van der Waals surface area contributed by atoms with Crippen LogP contribution in [0, 0.1) is 0 Å². The number of ether oxygens (including phenoxy) is 3. The normalized spacial score (nSPS) is 13.1. The highest BCUT2D eigenvalue weighted by atomic mass is 16.7. The lowest BCUT2D eigenvalue weighted by molar-refractivity contribution is -0.0779. The number of carbonyl (C=O) groups excluding carboxylic acids is 1. The number of nitrogens with one attached hydrogen (secondary N) is 1. The molecule has 1 N–H and O–H groups in total. The summed E-state index contributed by atoms with van der Waals surface area (Å²) in [5, 5.41) is 0. The Hall–Kier alpha value is -0.850. The van der Waals surface area contributed by atoms with Crippen molar-refractivity contribution >= 4 is 6.09 Å². The first kappa shape index (κ1) is 21.1. The average molecular weight is 319 g/mol. The molecule has 0 aromatic heterocycles. The van der Waals surface area contributed by atoms with Gasteiger partial charge in [0.2, 0.25) is 0 Å². The van der Waals surface area contributed by atoms with Crippen LogP contribution in [0.4, 0.5) is 4.79 Å². The van der Waals surface area contributed by atoms with Gasteiger partial charge >= 0.3 is 6.09 Å². The largest absolute Gasteiger partial charge is 0.442 e. The Balaban J connectivity index is 3.87. The van der Waals surface area contributed by atoms with Crippen LogP contribution in [0.15, 0.2) is 0 Å². The number of hydrogen-bond donors (Lipinski definition) is 1. The van der Waals surface area contributed by atoms with Crippen LogP contribution in [-0.4, -0.2) is 43.2 Å². The maximum Gasteiger partial charge on any atom is 0.431 e. The Morgan fingerprint density at radius 2 is 1.45 bits per heavy atom. The summed E-state index contributed by atoms with van der Waals surface area (Å²) in [4.78, 5) is 16.5. The van der Waals surface area contributed by atoms with Gasteiger partial charge in [-0.25, -0.2) is 4.79 Å². The van der Waals surface area contributed by atoms with E-state index in [1.54, 1.807) is 27.9 Å². The standard InChI is InChI=1S/C16H33NO5/c1-14(2,3)22-13(18)17-21-12-10-16(6,7)20-11-9-15(4,5)19-8/h9-12H2,1-8H3,(H,17,18). The Bertz CT molecular complexity index is 334. The Labute approximate surface area is 134 Å². The molecule has 22 heavy (non-hydrogen) atoms. The third-order valence-electron chi connectivity index (χ3n) is 3.11. The smallest absolute Gasteiger partial charge is 0.431 e. The van der Waals surface area contributed by atoms with Gasteiger partial charge < -0.3 is 14.2 Å². The zero-order chi connectivity index (χ0) is 17.4. The predicted octanol–water partition coefficient (Wildman–Crippen LogP) is 3.44. The second-order valence-corrected chi connectivity index (χ2v) is 7.52. The molecule has 0 aliphatic heterocycles. The van der Waals surface area contributed by atoms with Crippen LogP contribution in [0.2, 0.25) is 0 Å². The van der Waals surface area contributed by atoms with Gasteiger partial charge in [-0.2, -0.15) is 5.48 Å². The highest BCUT2D eigenvalue weighted by Crippen LogP contribution is 2.18. The number of hydroxylamine groups is 1. The second kappa shape index (κ2) is 8.70. The van der Waals surface area contributed by atoms with Gasteiger partial charge in [-0.15, -0.1) is 0 Å². The van der Waals surface area contributed by atoms with Gasteiger partial charge in [0.15, 0.2) is 0 Å². The van der Waals surface area contributed by atoms with Gasteiger partial charge in [-0.3, -0.25) is 4.84 Å². The van der Waals surface area contributed by atoms with Crippen LogP contribution in [0.3, 0.4) is 0 Å². The molecule has 0 bridgehead atoms. The molecule has 0 radical (unpaired) electrons. The number of rotatable bonds is 9. The summed E-state index contributed by atoms with van der Waals surface area (Å²) in [7, 11) is 1.70. The maximum absolute atomic E-state index is 11.4. The van der Waals surface area contributed by atoms with Crippen LogP contribution in [0.25, 0.3) is 0 Å². The number of carbonyl (C=O) groups is 1. The van der Waals surface area contributed by atoms with Crippen LogP contribution < -0.4 is 5.48 Å².